The molecule has 2 aromatic carbocycles. The van der Waals surface area contributed by atoms with Crippen LogP contribution in [0.25, 0.3) is 0 Å². The molecule has 1 saturated carbocycles. The minimum atomic E-state index is -1.50. The van der Waals surface area contributed by atoms with Gasteiger partial charge in [0.15, 0.2) is 11.5 Å². The average Bonchev–Trinajstić information content (AvgIpc) is 3.33. The topological polar surface area (TPSA) is 153 Å². The van der Waals surface area contributed by atoms with E-state index in [1.165, 1.54) is 0 Å². The largest absolute Gasteiger partial charge is 0.504 e. The summed E-state index contributed by atoms with van der Waals surface area (Å²) in [4.78, 5) is 13.0. The number of nitrogens with one attached hydrogen (secondary N) is 1. The molecule has 5 rings (SSSR count). The fourth-order valence-electron chi connectivity index (χ4n) is 5.85. The summed E-state index contributed by atoms with van der Waals surface area (Å²) in [5.74, 6) is -2.65. The molecular formula is C25H27N3O7. The number of phenolic OH excluding ortho intramolecular Hbond substituents is 1. The van der Waals surface area contributed by atoms with Crippen LogP contribution in [0.15, 0.2) is 46.6 Å². The molecule has 0 radical (unpaired) electrons. The maximum absolute atomic E-state index is 13.0. The van der Waals surface area contributed by atoms with Crippen molar-refractivity contribution < 1.29 is 34.7 Å². The second-order valence-corrected chi connectivity index (χ2v) is 9.20. The highest BCUT2D eigenvalue weighted by molar-refractivity contribution is 6.01. The number of aliphatic hydroxyl groups is 3. The summed E-state index contributed by atoms with van der Waals surface area (Å²) in [6.45, 7) is 5.21. The zero-order chi connectivity index (χ0) is 24.9. The number of benzene rings is 2. The molecule has 10 heteroatoms. The van der Waals surface area contributed by atoms with Gasteiger partial charge in [-0.05, 0) is 29.0 Å². The van der Waals surface area contributed by atoms with Crippen molar-refractivity contribution in [2.75, 3.05) is 6.79 Å². The number of hydrogen-bond donors (Lipinski definition) is 5. The molecule has 1 amide bonds. The van der Waals surface area contributed by atoms with Crippen LogP contribution < -0.4 is 14.8 Å². The van der Waals surface area contributed by atoms with E-state index < -0.39 is 42.1 Å². The van der Waals surface area contributed by atoms with Crippen LogP contribution >= 0.6 is 0 Å². The van der Waals surface area contributed by atoms with Crippen molar-refractivity contribution in [3.63, 3.8) is 0 Å². The maximum atomic E-state index is 13.0. The van der Waals surface area contributed by atoms with Crippen molar-refractivity contribution in [2.45, 2.75) is 43.1 Å². The molecule has 0 spiro atoms. The Morgan fingerprint density at radius 2 is 1.89 bits per heavy atom. The van der Waals surface area contributed by atoms with Gasteiger partial charge in [-0.3, -0.25) is 4.79 Å². The predicted molar refractivity (Wildman–Crippen MR) is 126 cm³/mol. The monoisotopic (exact) mass is 481 g/mol. The molecule has 8 atom stereocenters. The predicted octanol–water partition coefficient (Wildman–Crippen LogP) is 1.14. The summed E-state index contributed by atoms with van der Waals surface area (Å²) < 4.78 is 10.8. The van der Waals surface area contributed by atoms with Gasteiger partial charge in [0.05, 0.1) is 17.7 Å². The Labute approximate surface area is 201 Å². The van der Waals surface area contributed by atoms with Crippen LogP contribution in [0.3, 0.4) is 0 Å². The molecule has 2 heterocycles. The minimum absolute atomic E-state index is 0.00109. The molecule has 10 nitrogen and oxygen atoms in total. The van der Waals surface area contributed by atoms with Crippen LogP contribution in [0.5, 0.6) is 17.2 Å². The van der Waals surface area contributed by atoms with E-state index in [9.17, 15) is 25.2 Å². The normalized spacial score (nSPS) is 30.8. The number of aromatic hydroxyl groups is 1. The van der Waals surface area contributed by atoms with E-state index in [0.717, 1.165) is 5.56 Å². The van der Waals surface area contributed by atoms with Gasteiger partial charge in [-0.25, -0.2) is 0 Å². The highest BCUT2D eigenvalue weighted by atomic mass is 16.7. The second-order valence-electron chi connectivity index (χ2n) is 9.20. The lowest BCUT2D eigenvalue weighted by Crippen LogP contribution is -2.65. The molecule has 1 aliphatic carbocycles. The van der Waals surface area contributed by atoms with Crippen molar-refractivity contribution in [1.29, 1.82) is 0 Å². The van der Waals surface area contributed by atoms with E-state index in [1.54, 1.807) is 12.3 Å². The Morgan fingerprint density at radius 3 is 2.60 bits per heavy atom. The third kappa shape index (κ3) is 3.65. The van der Waals surface area contributed by atoms with E-state index in [4.69, 9.17) is 9.47 Å². The summed E-state index contributed by atoms with van der Waals surface area (Å²) in [6.07, 6.45) is -2.64. The van der Waals surface area contributed by atoms with Crippen molar-refractivity contribution in [2.24, 2.45) is 22.0 Å². The number of carbonyl (C=O) groups excluding carboxylic acids is 1. The van der Waals surface area contributed by atoms with E-state index in [-0.39, 0.29) is 41.4 Å². The average molecular weight is 482 g/mol. The van der Waals surface area contributed by atoms with Gasteiger partial charge in [-0.15, -0.1) is 0 Å². The number of rotatable bonds is 5. The molecule has 0 saturated heterocycles. The van der Waals surface area contributed by atoms with Crippen molar-refractivity contribution in [3.8, 4) is 17.2 Å². The lowest BCUT2D eigenvalue weighted by molar-refractivity contribution is -0.141. The van der Waals surface area contributed by atoms with Crippen LogP contribution in [0.1, 0.15) is 40.2 Å². The first-order valence-corrected chi connectivity index (χ1v) is 11.4. The van der Waals surface area contributed by atoms with Gasteiger partial charge in [0.1, 0.15) is 12.2 Å². The standard InChI is InChI=1S/C25H27N3O7/c1-11(14(9-27-26-2)12-6-4-3-5-7-12)16-17-13-8-15-24(35-10-34-15)21(30)18(13)25(33)28-19(17)22(31)23(32)20(16)29/h3-9,11,14,16-17,19-20,22-23,29-32H,2,10H2,1H3,(H,28,33)/b27-9+. The van der Waals surface area contributed by atoms with Crippen molar-refractivity contribution in [1.82, 2.24) is 5.32 Å². The highest BCUT2D eigenvalue weighted by Gasteiger charge is 2.56. The maximum Gasteiger partial charge on any atom is 0.255 e. The Bertz CT molecular complexity index is 1170. The molecule has 2 aromatic rings. The molecular weight excluding hydrogens is 454 g/mol. The van der Waals surface area contributed by atoms with Crippen LogP contribution in [-0.4, -0.2) is 70.4 Å². The molecule has 35 heavy (non-hydrogen) atoms. The quantitative estimate of drug-likeness (QED) is 0.317. The minimum Gasteiger partial charge on any atom is -0.504 e. The SMILES string of the molecule is C=N/N=C/C(c1ccccc1)C(C)C1C(O)C(O)C(O)C2NC(=O)c3c(cc4c(c3O)OCO4)C21. The Hall–Kier alpha value is -3.47. The Balaban J connectivity index is 1.67. The fourth-order valence-corrected chi connectivity index (χ4v) is 5.85. The number of fused-ring (bicyclic) bond motifs is 4. The molecule has 8 unspecified atom stereocenters. The zero-order valence-corrected chi connectivity index (χ0v) is 19.0. The number of ether oxygens (including phenoxy) is 2. The van der Waals surface area contributed by atoms with Gasteiger partial charge >= 0.3 is 0 Å². The smallest absolute Gasteiger partial charge is 0.255 e. The second kappa shape index (κ2) is 8.95. The Kier molecular flexibility index (Phi) is 5.96. The van der Waals surface area contributed by atoms with Crippen LogP contribution in [-0.2, 0) is 0 Å². The number of aliphatic hydroxyl groups excluding tert-OH is 3. The third-order valence-corrected chi connectivity index (χ3v) is 7.48. The lowest BCUT2D eigenvalue weighted by atomic mass is 9.59. The Morgan fingerprint density at radius 1 is 1.14 bits per heavy atom. The van der Waals surface area contributed by atoms with E-state index in [2.05, 4.69) is 22.2 Å². The van der Waals surface area contributed by atoms with Crippen molar-refractivity contribution >= 4 is 18.8 Å². The van der Waals surface area contributed by atoms with E-state index in [1.807, 2.05) is 37.3 Å². The van der Waals surface area contributed by atoms with Crippen LogP contribution in [0.2, 0.25) is 0 Å². The molecule has 5 N–H and O–H groups in total. The molecule has 1 fully saturated rings. The molecule has 0 bridgehead atoms. The number of phenols is 1. The van der Waals surface area contributed by atoms with E-state index in [0.29, 0.717) is 5.56 Å². The first-order chi connectivity index (χ1) is 16.8. The molecule has 184 valence electrons. The summed E-state index contributed by atoms with van der Waals surface area (Å²) >= 11 is 0. The van der Waals surface area contributed by atoms with E-state index >= 15 is 0 Å². The zero-order valence-electron chi connectivity index (χ0n) is 19.0. The number of carbonyl (C=O) groups is 1. The molecule has 3 aliphatic rings. The fraction of sp³-hybridized carbons (Fsp3) is 0.400. The first-order valence-electron chi connectivity index (χ1n) is 11.4. The van der Waals surface area contributed by atoms with Gasteiger partial charge < -0.3 is 35.2 Å². The van der Waals surface area contributed by atoms with Gasteiger partial charge in [0.2, 0.25) is 12.5 Å². The summed E-state index contributed by atoms with van der Waals surface area (Å²) in [6, 6.07) is 10.2. The van der Waals surface area contributed by atoms with Crippen molar-refractivity contribution in [3.05, 3.63) is 53.1 Å². The van der Waals surface area contributed by atoms with Gasteiger partial charge in [-0.1, -0.05) is 37.3 Å². The first kappa shape index (κ1) is 23.3. The molecule has 2 aliphatic heterocycles. The third-order valence-electron chi connectivity index (χ3n) is 7.48. The van der Waals surface area contributed by atoms with Gasteiger partial charge in [0.25, 0.3) is 5.91 Å². The number of nitrogens with zero attached hydrogens (tertiary/aromatic N) is 2. The summed E-state index contributed by atoms with van der Waals surface area (Å²) in [7, 11) is 0. The summed E-state index contributed by atoms with van der Waals surface area (Å²) in [5, 5.41) is 54.1. The number of amides is 1. The lowest BCUT2D eigenvalue weighted by Gasteiger charge is -2.51. The van der Waals surface area contributed by atoms with Gasteiger partial charge in [-0.2, -0.15) is 10.2 Å². The van der Waals surface area contributed by atoms with Gasteiger partial charge in [0, 0.05) is 24.8 Å². The highest BCUT2D eigenvalue weighted by Crippen LogP contribution is 2.53. The molecule has 0 aromatic heterocycles. The summed E-state index contributed by atoms with van der Waals surface area (Å²) in [5.41, 5.74) is 1.32. The van der Waals surface area contributed by atoms with Crippen LogP contribution in [0.4, 0.5) is 0 Å². The number of hydrogen-bond acceptors (Lipinski definition) is 9. The van der Waals surface area contributed by atoms with Crippen LogP contribution in [0, 0.1) is 11.8 Å².